The normalized spacial score (nSPS) is 11.2. The Labute approximate surface area is 132 Å². The Hall–Kier alpha value is -1.66. The topological polar surface area (TPSA) is 55.6 Å². The third kappa shape index (κ3) is 2.49. The Morgan fingerprint density at radius 3 is 2.81 bits per heavy atom. The first-order valence-electron chi connectivity index (χ1n) is 6.83. The molecule has 0 aliphatic heterocycles. The summed E-state index contributed by atoms with van der Waals surface area (Å²) in [4.78, 5) is 10.1. The Morgan fingerprint density at radius 1 is 1.33 bits per heavy atom. The molecule has 0 fully saturated rings. The van der Waals surface area contributed by atoms with Gasteiger partial charge in [0.25, 0.3) is 0 Å². The lowest BCUT2D eigenvalue weighted by molar-refractivity contribution is 0.809. The molecule has 0 spiro atoms. The van der Waals surface area contributed by atoms with Gasteiger partial charge < -0.3 is 5.32 Å². The molecular weight excluding hydrogens is 306 g/mol. The largest absolute Gasteiger partial charge is 0.354 e. The van der Waals surface area contributed by atoms with E-state index in [2.05, 4.69) is 27.3 Å². The summed E-state index contributed by atoms with van der Waals surface area (Å²) in [6.07, 6.45) is 1.02. The number of hydrogen-bond donors (Lipinski definition) is 1. The SMILES string of the molecule is CCCNc1nc(-n2nc(C)c(Cl)c2C)c2ccsc2n1. The second kappa shape index (κ2) is 5.61. The van der Waals surface area contributed by atoms with Gasteiger partial charge in [-0.15, -0.1) is 11.3 Å². The van der Waals surface area contributed by atoms with Crippen LogP contribution >= 0.6 is 22.9 Å². The predicted octanol–water partition coefficient (Wildman–Crippen LogP) is 3.97. The van der Waals surface area contributed by atoms with Gasteiger partial charge in [-0.05, 0) is 31.7 Å². The maximum absolute atomic E-state index is 6.26. The molecule has 1 N–H and O–H groups in total. The molecule has 0 radical (unpaired) electrons. The van der Waals surface area contributed by atoms with E-state index in [-0.39, 0.29) is 0 Å². The third-order valence-corrected chi connectivity index (χ3v) is 4.60. The van der Waals surface area contributed by atoms with Crippen LogP contribution in [-0.2, 0) is 0 Å². The standard InChI is InChI=1S/C14H16ClN5S/c1-4-6-16-14-17-12(10-5-7-21-13(10)18-14)20-9(3)11(15)8(2)19-20/h5,7H,4,6H2,1-3H3,(H,16,17,18). The van der Waals surface area contributed by atoms with Gasteiger partial charge in [0.2, 0.25) is 5.95 Å². The molecule has 0 bridgehead atoms. The molecule has 5 nitrogen and oxygen atoms in total. The van der Waals surface area contributed by atoms with Crippen molar-refractivity contribution in [3.05, 3.63) is 27.9 Å². The number of aryl methyl sites for hydroxylation is 1. The van der Waals surface area contributed by atoms with Gasteiger partial charge >= 0.3 is 0 Å². The van der Waals surface area contributed by atoms with Gasteiger partial charge in [0.05, 0.1) is 21.8 Å². The van der Waals surface area contributed by atoms with E-state index in [4.69, 9.17) is 11.6 Å². The minimum atomic E-state index is 0.630. The molecule has 7 heteroatoms. The van der Waals surface area contributed by atoms with Crippen LogP contribution in [0.1, 0.15) is 24.7 Å². The predicted molar refractivity (Wildman–Crippen MR) is 87.8 cm³/mol. The molecule has 0 saturated carbocycles. The maximum Gasteiger partial charge on any atom is 0.226 e. The number of rotatable bonds is 4. The number of nitrogens with one attached hydrogen (secondary N) is 1. The van der Waals surface area contributed by atoms with Gasteiger partial charge in [0.1, 0.15) is 4.83 Å². The minimum absolute atomic E-state index is 0.630. The van der Waals surface area contributed by atoms with Crippen molar-refractivity contribution in [3.8, 4) is 5.82 Å². The van der Waals surface area contributed by atoms with Gasteiger partial charge in [-0.1, -0.05) is 18.5 Å². The number of aromatic nitrogens is 4. The molecule has 0 amide bonds. The second-order valence-electron chi connectivity index (χ2n) is 4.83. The molecule has 0 saturated heterocycles. The smallest absolute Gasteiger partial charge is 0.226 e. The number of anilines is 1. The van der Waals surface area contributed by atoms with Gasteiger partial charge in [-0.25, -0.2) is 9.67 Å². The Kier molecular flexibility index (Phi) is 3.82. The highest BCUT2D eigenvalue weighted by molar-refractivity contribution is 7.16. The maximum atomic E-state index is 6.26. The van der Waals surface area contributed by atoms with E-state index in [0.717, 1.165) is 40.4 Å². The highest BCUT2D eigenvalue weighted by atomic mass is 35.5. The Morgan fingerprint density at radius 2 is 2.14 bits per heavy atom. The number of halogens is 1. The molecule has 3 heterocycles. The molecular formula is C14H16ClN5S. The Bertz CT molecular complexity index is 792. The summed E-state index contributed by atoms with van der Waals surface area (Å²) in [7, 11) is 0. The van der Waals surface area contributed by atoms with Crippen LogP contribution < -0.4 is 5.32 Å². The van der Waals surface area contributed by atoms with Crippen LogP contribution in [0, 0.1) is 13.8 Å². The van der Waals surface area contributed by atoms with Crippen molar-refractivity contribution in [1.82, 2.24) is 19.7 Å². The van der Waals surface area contributed by atoms with Crippen LogP contribution in [0.15, 0.2) is 11.4 Å². The highest BCUT2D eigenvalue weighted by Gasteiger charge is 2.16. The van der Waals surface area contributed by atoms with Gasteiger partial charge in [0.15, 0.2) is 5.82 Å². The lowest BCUT2D eigenvalue weighted by Gasteiger charge is -2.08. The molecule has 3 aromatic heterocycles. The molecule has 0 atom stereocenters. The molecule has 3 rings (SSSR count). The first-order chi connectivity index (χ1) is 10.1. The van der Waals surface area contributed by atoms with Gasteiger partial charge in [0, 0.05) is 6.54 Å². The Balaban J connectivity index is 2.19. The molecule has 0 aliphatic carbocycles. The second-order valence-corrected chi connectivity index (χ2v) is 6.11. The fourth-order valence-corrected chi connectivity index (χ4v) is 3.02. The minimum Gasteiger partial charge on any atom is -0.354 e. The number of fused-ring (bicyclic) bond motifs is 1. The average molecular weight is 322 g/mol. The van der Waals surface area contributed by atoms with Crippen molar-refractivity contribution in [2.75, 3.05) is 11.9 Å². The van der Waals surface area contributed by atoms with Crippen molar-refractivity contribution in [3.63, 3.8) is 0 Å². The van der Waals surface area contributed by atoms with E-state index >= 15 is 0 Å². The van der Waals surface area contributed by atoms with Crippen molar-refractivity contribution in [2.24, 2.45) is 0 Å². The van der Waals surface area contributed by atoms with Crippen molar-refractivity contribution >= 4 is 39.1 Å². The highest BCUT2D eigenvalue weighted by Crippen LogP contribution is 2.28. The summed E-state index contributed by atoms with van der Waals surface area (Å²) in [6.45, 7) is 6.79. The van der Waals surface area contributed by atoms with Crippen LogP contribution in [-0.4, -0.2) is 26.3 Å². The summed E-state index contributed by atoms with van der Waals surface area (Å²) >= 11 is 7.85. The van der Waals surface area contributed by atoms with E-state index in [1.54, 1.807) is 16.0 Å². The lowest BCUT2D eigenvalue weighted by atomic mass is 10.3. The molecule has 3 aromatic rings. The summed E-state index contributed by atoms with van der Waals surface area (Å²) in [5.74, 6) is 1.40. The fraction of sp³-hybridized carbons (Fsp3) is 0.357. The lowest BCUT2D eigenvalue weighted by Crippen LogP contribution is -2.09. The van der Waals surface area contributed by atoms with E-state index in [1.807, 2.05) is 25.3 Å². The molecule has 0 aliphatic rings. The zero-order valence-electron chi connectivity index (χ0n) is 12.1. The number of thiophene rings is 1. The van der Waals surface area contributed by atoms with Crippen molar-refractivity contribution in [1.29, 1.82) is 0 Å². The molecule has 21 heavy (non-hydrogen) atoms. The van der Waals surface area contributed by atoms with E-state index < -0.39 is 0 Å². The zero-order chi connectivity index (χ0) is 15.0. The van der Waals surface area contributed by atoms with E-state index in [9.17, 15) is 0 Å². The summed E-state index contributed by atoms with van der Waals surface area (Å²) in [5.41, 5.74) is 1.70. The summed E-state index contributed by atoms with van der Waals surface area (Å²) < 4.78 is 1.80. The molecule has 0 unspecified atom stereocenters. The quantitative estimate of drug-likeness (QED) is 0.790. The van der Waals surface area contributed by atoms with Gasteiger partial charge in [-0.2, -0.15) is 10.1 Å². The van der Waals surface area contributed by atoms with Gasteiger partial charge in [-0.3, -0.25) is 0 Å². The number of nitrogens with zero attached hydrogens (tertiary/aromatic N) is 4. The van der Waals surface area contributed by atoms with E-state index in [0.29, 0.717) is 11.0 Å². The van der Waals surface area contributed by atoms with Crippen LogP contribution in [0.2, 0.25) is 5.02 Å². The van der Waals surface area contributed by atoms with Crippen LogP contribution in [0.4, 0.5) is 5.95 Å². The average Bonchev–Trinajstić information content (AvgIpc) is 3.04. The fourth-order valence-electron chi connectivity index (χ4n) is 2.15. The third-order valence-electron chi connectivity index (χ3n) is 3.24. The first kappa shape index (κ1) is 14.3. The van der Waals surface area contributed by atoms with E-state index in [1.165, 1.54) is 0 Å². The van der Waals surface area contributed by atoms with Crippen LogP contribution in [0.3, 0.4) is 0 Å². The van der Waals surface area contributed by atoms with Crippen molar-refractivity contribution in [2.45, 2.75) is 27.2 Å². The van der Waals surface area contributed by atoms with Crippen LogP contribution in [0.5, 0.6) is 0 Å². The summed E-state index contributed by atoms with van der Waals surface area (Å²) in [5, 5.41) is 11.4. The summed E-state index contributed by atoms with van der Waals surface area (Å²) in [6, 6.07) is 2.02. The molecule has 110 valence electrons. The van der Waals surface area contributed by atoms with Crippen LogP contribution in [0.25, 0.3) is 16.0 Å². The first-order valence-corrected chi connectivity index (χ1v) is 8.08. The number of hydrogen-bond acceptors (Lipinski definition) is 5. The monoisotopic (exact) mass is 321 g/mol. The van der Waals surface area contributed by atoms with Crippen molar-refractivity contribution < 1.29 is 0 Å². The molecule has 0 aromatic carbocycles. The zero-order valence-corrected chi connectivity index (χ0v) is 13.7.